The smallest absolute Gasteiger partial charge is 0.156 e. The van der Waals surface area contributed by atoms with E-state index in [2.05, 4.69) is 216 Å². The normalized spacial score (nSPS) is 17.6. The standard InChI is InChI=1S/C64H44N4/c1-2-14-43(15-3-1)67-57-24-11-9-19-48(57)54-37-41(28-34-58(54)67)42-29-35-59-55(38-42)62-45-16-5-4-13-39(45)27-36-60(62)68(59)44-30-25-40(26-31-44)64-65-56-23-10-8-20-53(56)63(66-64)52-33-32-51-47-18-7-6-17-46(47)49-21-12-22-50(52)61(49)51/h1-8,10-18,20-25,27-30,32-38,55,59H,9,19,26,31H2. The van der Waals surface area contributed by atoms with Gasteiger partial charge in [-0.1, -0.05) is 158 Å². The molecule has 2 unspecified atom stereocenters. The molecule has 5 aliphatic rings. The largest absolute Gasteiger partial charge is 0.337 e. The molecular formula is C64H44N4. The Morgan fingerprint density at radius 2 is 1.34 bits per heavy atom. The highest BCUT2D eigenvalue weighted by Crippen LogP contribution is 2.53. The fourth-order valence-electron chi connectivity index (χ4n) is 12.4. The number of hydrogen-bond acceptors (Lipinski definition) is 3. The van der Waals surface area contributed by atoms with E-state index in [0.717, 1.165) is 53.7 Å². The van der Waals surface area contributed by atoms with E-state index in [0.29, 0.717) is 0 Å². The van der Waals surface area contributed by atoms with Crippen LogP contribution in [0.15, 0.2) is 206 Å². The summed E-state index contributed by atoms with van der Waals surface area (Å²) in [7, 11) is 0. The fraction of sp³-hybridized carbons (Fsp3) is 0.0938. The summed E-state index contributed by atoms with van der Waals surface area (Å²) in [6.07, 6.45) is 20.6. The minimum Gasteiger partial charge on any atom is -0.337 e. The summed E-state index contributed by atoms with van der Waals surface area (Å²) in [5, 5.41) is 7.60. The molecule has 0 bridgehead atoms. The zero-order chi connectivity index (χ0) is 44.5. The van der Waals surface area contributed by atoms with Gasteiger partial charge in [-0.25, -0.2) is 9.97 Å². The maximum atomic E-state index is 5.48. The molecule has 4 heteroatoms. The van der Waals surface area contributed by atoms with E-state index in [1.165, 1.54) is 105 Å². The zero-order valence-electron chi connectivity index (χ0n) is 37.4. The lowest BCUT2D eigenvalue weighted by Crippen LogP contribution is -2.33. The second kappa shape index (κ2) is 14.6. The molecule has 0 amide bonds. The topological polar surface area (TPSA) is 34.0 Å². The SMILES string of the molecule is C1=Cc2c(c3cc(C4=CC5c6c(ccc7ccccc67)N(C6=CC=C(c7nc(-c8ccc9c%10c(cccc8%10)-c8ccccc8-9)c8ccccc8n7)CC6)C5C=C4)ccc3n2-c2ccccc2)CC1. The molecule has 0 spiro atoms. The van der Waals surface area contributed by atoms with Crippen molar-refractivity contribution in [1.29, 1.82) is 0 Å². The average Bonchev–Trinajstić information content (AvgIpc) is 4.05. The lowest BCUT2D eigenvalue weighted by molar-refractivity contribution is 0.705. The molecule has 0 saturated carbocycles. The molecule has 0 radical (unpaired) electrons. The first-order chi connectivity index (χ1) is 33.7. The quantitative estimate of drug-likeness (QED) is 0.173. The van der Waals surface area contributed by atoms with Gasteiger partial charge in [0.15, 0.2) is 5.82 Å². The fourth-order valence-corrected chi connectivity index (χ4v) is 12.4. The lowest BCUT2D eigenvalue weighted by atomic mass is 9.84. The molecule has 2 aromatic heterocycles. The molecule has 0 fully saturated rings. The Labute approximate surface area is 394 Å². The van der Waals surface area contributed by atoms with Crippen LogP contribution in [0.4, 0.5) is 5.69 Å². The predicted octanol–water partition coefficient (Wildman–Crippen LogP) is 15.8. The Morgan fingerprint density at radius 3 is 2.22 bits per heavy atom. The molecular weight excluding hydrogens is 825 g/mol. The minimum atomic E-state index is 0.167. The molecule has 68 heavy (non-hydrogen) atoms. The number of anilines is 1. The number of hydrogen-bond donors (Lipinski definition) is 0. The minimum absolute atomic E-state index is 0.167. The number of nitrogens with zero attached hydrogens (tertiary/aromatic N) is 4. The summed E-state index contributed by atoms with van der Waals surface area (Å²) in [6, 6.07) is 60.3. The van der Waals surface area contributed by atoms with Gasteiger partial charge < -0.3 is 9.47 Å². The predicted molar refractivity (Wildman–Crippen MR) is 283 cm³/mol. The molecule has 3 heterocycles. The molecule has 8 aromatic carbocycles. The summed E-state index contributed by atoms with van der Waals surface area (Å²) < 4.78 is 2.44. The number of fused-ring (bicyclic) bond motifs is 12. The Hall–Kier alpha value is -8.34. The van der Waals surface area contributed by atoms with Crippen molar-refractivity contribution >= 4 is 66.3 Å². The van der Waals surface area contributed by atoms with Crippen LogP contribution < -0.4 is 4.90 Å². The van der Waals surface area contributed by atoms with Gasteiger partial charge in [0, 0.05) is 45.0 Å². The van der Waals surface area contributed by atoms with Gasteiger partial charge in [-0.3, -0.25) is 0 Å². The van der Waals surface area contributed by atoms with Crippen molar-refractivity contribution in [2.45, 2.75) is 37.6 Å². The molecule has 320 valence electrons. The molecule has 4 aliphatic carbocycles. The van der Waals surface area contributed by atoms with Gasteiger partial charge in [0.25, 0.3) is 0 Å². The van der Waals surface area contributed by atoms with Crippen molar-refractivity contribution in [2.75, 3.05) is 4.90 Å². The highest BCUT2D eigenvalue weighted by Gasteiger charge is 2.40. The molecule has 15 rings (SSSR count). The van der Waals surface area contributed by atoms with Crippen molar-refractivity contribution in [3.63, 3.8) is 0 Å². The van der Waals surface area contributed by atoms with Gasteiger partial charge in [-0.15, -0.1) is 0 Å². The Kier molecular flexibility index (Phi) is 8.11. The van der Waals surface area contributed by atoms with E-state index >= 15 is 0 Å². The number of benzene rings is 8. The molecule has 4 nitrogen and oxygen atoms in total. The van der Waals surface area contributed by atoms with Crippen LogP contribution in [0.5, 0.6) is 0 Å². The highest BCUT2D eigenvalue weighted by atomic mass is 15.2. The molecule has 10 aromatic rings. The summed E-state index contributed by atoms with van der Waals surface area (Å²) >= 11 is 0. The monoisotopic (exact) mass is 868 g/mol. The second-order valence-electron chi connectivity index (χ2n) is 19.0. The molecule has 1 aliphatic heterocycles. The van der Waals surface area contributed by atoms with Gasteiger partial charge in [0.2, 0.25) is 0 Å². The van der Waals surface area contributed by atoms with E-state index in [1.807, 2.05) is 0 Å². The van der Waals surface area contributed by atoms with Crippen LogP contribution >= 0.6 is 0 Å². The Balaban J connectivity index is 0.816. The van der Waals surface area contributed by atoms with Crippen LogP contribution in [0.2, 0.25) is 0 Å². The van der Waals surface area contributed by atoms with Crippen molar-refractivity contribution in [2.24, 2.45) is 0 Å². The van der Waals surface area contributed by atoms with Crippen LogP contribution in [0, 0.1) is 0 Å². The number of allylic oxidation sites excluding steroid dienone is 7. The van der Waals surface area contributed by atoms with Gasteiger partial charge in [-0.05, 0) is 146 Å². The molecule has 0 saturated heterocycles. The Morgan fingerprint density at radius 1 is 0.559 bits per heavy atom. The number of aryl methyl sites for hydroxylation is 1. The lowest BCUT2D eigenvalue weighted by Gasteiger charge is -2.33. The van der Waals surface area contributed by atoms with Crippen LogP contribution in [0.25, 0.3) is 99.8 Å². The van der Waals surface area contributed by atoms with Gasteiger partial charge in [0.05, 0.1) is 22.8 Å². The Bertz CT molecular complexity index is 3960. The molecule has 0 N–H and O–H groups in total. The number of para-hydroxylation sites is 2. The van der Waals surface area contributed by atoms with Gasteiger partial charge >= 0.3 is 0 Å². The first kappa shape index (κ1) is 37.8. The first-order valence-electron chi connectivity index (χ1n) is 24.2. The van der Waals surface area contributed by atoms with Crippen LogP contribution in [0.1, 0.15) is 53.4 Å². The third-order valence-electron chi connectivity index (χ3n) is 15.5. The maximum absolute atomic E-state index is 5.48. The van der Waals surface area contributed by atoms with Crippen LogP contribution in [0.3, 0.4) is 0 Å². The van der Waals surface area contributed by atoms with E-state index in [9.17, 15) is 0 Å². The van der Waals surface area contributed by atoms with Crippen LogP contribution in [-0.4, -0.2) is 20.6 Å². The third-order valence-corrected chi connectivity index (χ3v) is 15.5. The van der Waals surface area contributed by atoms with Crippen molar-refractivity contribution in [3.05, 3.63) is 234 Å². The van der Waals surface area contributed by atoms with E-state index in [4.69, 9.17) is 9.97 Å². The maximum Gasteiger partial charge on any atom is 0.156 e. The summed E-state index contributed by atoms with van der Waals surface area (Å²) in [6.45, 7) is 0. The van der Waals surface area contributed by atoms with E-state index in [1.54, 1.807) is 0 Å². The number of aromatic nitrogens is 3. The van der Waals surface area contributed by atoms with Crippen molar-refractivity contribution in [1.82, 2.24) is 14.5 Å². The summed E-state index contributed by atoms with van der Waals surface area (Å²) in [5.74, 6) is 1.01. The first-order valence-corrected chi connectivity index (χ1v) is 24.2. The second-order valence-corrected chi connectivity index (χ2v) is 19.0. The van der Waals surface area contributed by atoms with Gasteiger partial charge in [-0.2, -0.15) is 0 Å². The third kappa shape index (κ3) is 5.49. The van der Waals surface area contributed by atoms with E-state index in [-0.39, 0.29) is 12.0 Å². The van der Waals surface area contributed by atoms with Crippen LogP contribution in [-0.2, 0) is 6.42 Å². The average molecular weight is 869 g/mol. The van der Waals surface area contributed by atoms with E-state index < -0.39 is 0 Å². The highest BCUT2D eigenvalue weighted by molar-refractivity contribution is 6.19. The van der Waals surface area contributed by atoms with Gasteiger partial charge in [0.1, 0.15) is 0 Å². The molecule has 2 atom stereocenters. The number of rotatable bonds is 5. The zero-order valence-corrected chi connectivity index (χ0v) is 37.4. The summed E-state index contributed by atoms with van der Waals surface area (Å²) in [4.78, 5) is 13.4. The van der Waals surface area contributed by atoms with Crippen molar-refractivity contribution in [3.8, 4) is 39.2 Å². The van der Waals surface area contributed by atoms with Crippen molar-refractivity contribution < 1.29 is 0 Å². The summed E-state index contributed by atoms with van der Waals surface area (Å²) in [5.41, 5.74) is 21.3.